The molecule has 6 nitrogen and oxygen atoms in total. The van der Waals surface area contributed by atoms with E-state index < -0.39 is 11.7 Å². The van der Waals surface area contributed by atoms with Crippen LogP contribution in [0, 0.1) is 0 Å². The molecule has 2 amide bonds. The van der Waals surface area contributed by atoms with Gasteiger partial charge in [-0.15, -0.1) is 0 Å². The van der Waals surface area contributed by atoms with E-state index >= 15 is 0 Å². The van der Waals surface area contributed by atoms with Crippen LogP contribution in [0.15, 0.2) is 30.5 Å². The molecule has 0 spiro atoms. The van der Waals surface area contributed by atoms with Crippen molar-refractivity contribution in [1.29, 1.82) is 0 Å². The molecule has 3 rings (SSSR count). The summed E-state index contributed by atoms with van der Waals surface area (Å²) in [7, 11) is 0. The van der Waals surface area contributed by atoms with Crippen LogP contribution in [0.5, 0.6) is 0 Å². The predicted octanol–water partition coefficient (Wildman–Crippen LogP) is 3.10. The van der Waals surface area contributed by atoms with Gasteiger partial charge in [0.1, 0.15) is 6.54 Å². The quantitative estimate of drug-likeness (QED) is 0.520. The topological polar surface area (TPSA) is 62.6 Å². The van der Waals surface area contributed by atoms with Crippen molar-refractivity contribution in [2.24, 2.45) is 0 Å². The first kappa shape index (κ1) is 20.1. The number of hydrogen-bond acceptors (Lipinski definition) is 3. The number of rotatable bonds is 8. The smallest absolute Gasteiger partial charge is 0.295 e. The van der Waals surface area contributed by atoms with Gasteiger partial charge in [-0.25, -0.2) is 0 Å². The number of carbonyl (C=O) groups is 3. The summed E-state index contributed by atoms with van der Waals surface area (Å²) in [6.07, 6.45) is 5.38. The van der Waals surface area contributed by atoms with Gasteiger partial charge >= 0.3 is 0 Å². The van der Waals surface area contributed by atoms with Crippen LogP contribution in [-0.2, 0) is 16.1 Å². The highest BCUT2D eigenvalue weighted by molar-refractivity contribution is 6.44. The van der Waals surface area contributed by atoms with Gasteiger partial charge in [-0.2, -0.15) is 0 Å². The number of likely N-dealkylation sites (tertiary alicyclic amines) is 1. The molecule has 1 aromatic carbocycles. The van der Waals surface area contributed by atoms with Crippen molar-refractivity contribution in [1.82, 2.24) is 14.4 Å². The Morgan fingerprint density at radius 3 is 2.29 bits per heavy atom. The molecule has 2 aromatic rings. The minimum absolute atomic E-state index is 0.0576. The van der Waals surface area contributed by atoms with Crippen LogP contribution >= 0.6 is 0 Å². The third-order valence-corrected chi connectivity index (χ3v) is 5.27. The highest BCUT2D eigenvalue weighted by atomic mass is 16.2. The van der Waals surface area contributed by atoms with Gasteiger partial charge in [0.15, 0.2) is 0 Å². The molecule has 0 atom stereocenters. The average molecular weight is 383 g/mol. The molecule has 150 valence electrons. The Kier molecular flexibility index (Phi) is 6.49. The van der Waals surface area contributed by atoms with Crippen molar-refractivity contribution in [3.8, 4) is 0 Å². The fraction of sp³-hybridized carbons (Fsp3) is 0.500. The molecule has 1 aliphatic rings. The molecule has 1 fully saturated rings. The van der Waals surface area contributed by atoms with Crippen LogP contribution in [0.2, 0.25) is 0 Å². The zero-order valence-electron chi connectivity index (χ0n) is 16.8. The van der Waals surface area contributed by atoms with Crippen LogP contribution in [-0.4, -0.2) is 58.1 Å². The summed E-state index contributed by atoms with van der Waals surface area (Å²) < 4.78 is 1.81. The van der Waals surface area contributed by atoms with Gasteiger partial charge in [0.2, 0.25) is 5.91 Å². The molecule has 0 unspecified atom stereocenters. The maximum Gasteiger partial charge on any atom is 0.295 e. The van der Waals surface area contributed by atoms with Crippen molar-refractivity contribution >= 4 is 28.5 Å². The normalized spacial score (nSPS) is 13.9. The van der Waals surface area contributed by atoms with E-state index in [0.29, 0.717) is 18.7 Å². The predicted molar refractivity (Wildman–Crippen MR) is 109 cm³/mol. The van der Waals surface area contributed by atoms with Crippen LogP contribution < -0.4 is 0 Å². The Bertz CT molecular complexity index is 859. The Morgan fingerprint density at radius 1 is 1.00 bits per heavy atom. The number of amides is 2. The zero-order chi connectivity index (χ0) is 20.1. The molecule has 1 saturated heterocycles. The van der Waals surface area contributed by atoms with E-state index in [1.807, 2.05) is 43.0 Å². The number of fused-ring (bicyclic) bond motifs is 1. The maximum absolute atomic E-state index is 13.0. The van der Waals surface area contributed by atoms with Gasteiger partial charge < -0.3 is 14.4 Å². The number of ketones is 1. The molecule has 0 radical (unpaired) electrons. The van der Waals surface area contributed by atoms with Crippen molar-refractivity contribution in [3.63, 3.8) is 0 Å². The van der Waals surface area contributed by atoms with Gasteiger partial charge in [0, 0.05) is 43.3 Å². The van der Waals surface area contributed by atoms with E-state index in [4.69, 9.17) is 0 Å². The molecular weight excluding hydrogens is 354 g/mol. The summed E-state index contributed by atoms with van der Waals surface area (Å²) in [6, 6.07) is 7.47. The maximum atomic E-state index is 13.0. The van der Waals surface area contributed by atoms with Gasteiger partial charge in [0.05, 0.1) is 5.56 Å². The fourth-order valence-corrected chi connectivity index (χ4v) is 3.88. The minimum Gasteiger partial charge on any atom is -0.341 e. The summed E-state index contributed by atoms with van der Waals surface area (Å²) in [4.78, 5) is 41.9. The summed E-state index contributed by atoms with van der Waals surface area (Å²) >= 11 is 0. The van der Waals surface area contributed by atoms with E-state index in [1.165, 1.54) is 0 Å². The van der Waals surface area contributed by atoms with Crippen molar-refractivity contribution < 1.29 is 14.4 Å². The second-order valence-electron chi connectivity index (χ2n) is 7.40. The fourth-order valence-electron chi connectivity index (χ4n) is 3.88. The number of nitrogens with zero attached hydrogens (tertiary/aromatic N) is 3. The molecule has 28 heavy (non-hydrogen) atoms. The molecular formula is C22H29N3O3. The summed E-state index contributed by atoms with van der Waals surface area (Å²) in [5, 5.41) is 0.725. The van der Waals surface area contributed by atoms with Gasteiger partial charge in [0.25, 0.3) is 11.7 Å². The number of hydrogen-bond donors (Lipinski definition) is 0. The largest absolute Gasteiger partial charge is 0.341 e. The van der Waals surface area contributed by atoms with E-state index in [0.717, 1.165) is 49.7 Å². The second-order valence-corrected chi connectivity index (χ2v) is 7.40. The molecule has 1 aromatic heterocycles. The third kappa shape index (κ3) is 4.11. The van der Waals surface area contributed by atoms with Crippen LogP contribution in [0.25, 0.3) is 10.9 Å². The lowest BCUT2D eigenvalue weighted by Gasteiger charge is -2.20. The lowest BCUT2D eigenvalue weighted by molar-refractivity contribution is -0.130. The lowest BCUT2D eigenvalue weighted by atomic mass is 10.1. The Labute approximate surface area is 166 Å². The molecule has 0 N–H and O–H groups in total. The number of aromatic nitrogens is 1. The van der Waals surface area contributed by atoms with Crippen molar-refractivity contribution in [2.75, 3.05) is 26.2 Å². The highest BCUT2D eigenvalue weighted by Crippen LogP contribution is 2.23. The molecule has 2 heterocycles. The zero-order valence-corrected chi connectivity index (χ0v) is 16.8. The van der Waals surface area contributed by atoms with Gasteiger partial charge in [-0.05, 0) is 31.7 Å². The second kappa shape index (κ2) is 9.04. The van der Waals surface area contributed by atoms with Crippen LogP contribution in [0.4, 0.5) is 0 Å². The number of carbonyl (C=O) groups excluding carboxylic acids is 3. The first-order valence-electron chi connectivity index (χ1n) is 10.3. The number of para-hydroxylation sites is 1. The summed E-state index contributed by atoms with van der Waals surface area (Å²) in [6.45, 7) is 6.92. The summed E-state index contributed by atoms with van der Waals surface area (Å²) in [5.41, 5.74) is 1.19. The lowest BCUT2D eigenvalue weighted by Crippen LogP contribution is -2.37. The average Bonchev–Trinajstić information content (AvgIpc) is 3.36. The highest BCUT2D eigenvalue weighted by Gasteiger charge is 2.26. The first-order chi connectivity index (χ1) is 13.6. The van der Waals surface area contributed by atoms with Crippen LogP contribution in [0.3, 0.4) is 0 Å². The SMILES string of the molecule is CCCN(CCC)C(=O)C(=O)c1cn(CC(=O)N2CCCC2)c2ccccc12. The van der Waals surface area contributed by atoms with Gasteiger partial charge in [-0.1, -0.05) is 32.0 Å². The standard InChI is InChI=1S/C22H29N3O3/c1-3-11-24(12-4-2)22(28)21(27)18-15-25(19-10-6-5-9-17(18)19)16-20(26)23-13-7-8-14-23/h5-6,9-10,15H,3-4,7-8,11-14,16H2,1-2H3. The minimum atomic E-state index is -0.495. The molecule has 0 bridgehead atoms. The Balaban J connectivity index is 1.89. The third-order valence-electron chi connectivity index (χ3n) is 5.27. The Morgan fingerprint density at radius 2 is 1.64 bits per heavy atom. The van der Waals surface area contributed by atoms with E-state index in [-0.39, 0.29) is 12.5 Å². The molecule has 0 saturated carbocycles. The molecule has 6 heteroatoms. The van der Waals surface area contributed by atoms with Crippen molar-refractivity contribution in [3.05, 3.63) is 36.0 Å². The monoisotopic (exact) mass is 383 g/mol. The van der Waals surface area contributed by atoms with E-state index in [9.17, 15) is 14.4 Å². The van der Waals surface area contributed by atoms with E-state index in [1.54, 1.807) is 15.7 Å². The van der Waals surface area contributed by atoms with Crippen LogP contribution in [0.1, 0.15) is 49.9 Å². The molecule has 0 aliphatic carbocycles. The number of benzene rings is 1. The van der Waals surface area contributed by atoms with Crippen molar-refractivity contribution in [2.45, 2.75) is 46.1 Å². The molecule has 1 aliphatic heterocycles. The first-order valence-corrected chi connectivity index (χ1v) is 10.3. The van der Waals surface area contributed by atoms with E-state index in [2.05, 4.69) is 0 Å². The number of Topliss-reactive ketones (excluding diaryl/α,β-unsaturated/α-hetero) is 1. The van der Waals surface area contributed by atoms with Gasteiger partial charge in [-0.3, -0.25) is 14.4 Å². The Hall–Kier alpha value is -2.63. The summed E-state index contributed by atoms with van der Waals surface area (Å²) in [5.74, 6) is -0.898.